The molecule has 2 N–H and O–H groups in total. The van der Waals surface area contributed by atoms with Crippen LogP contribution in [-0.2, 0) is 22.7 Å². The van der Waals surface area contributed by atoms with Crippen molar-refractivity contribution in [3.05, 3.63) is 88.6 Å². The summed E-state index contributed by atoms with van der Waals surface area (Å²) in [5.74, 6) is -2.18. The summed E-state index contributed by atoms with van der Waals surface area (Å²) in [6.45, 7) is 7.19. The van der Waals surface area contributed by atoms with Crippen LogP contribution in [-0.4, -0.2) is 50.0 Å². The Labute approximate surface area is 273 Å². The second kappa shape index (κ2) is 12.6. The van der Waals surface area contributed by atoms with Gasteiger partial charge in [-0.2, -0.15) is 8.97 Å². The van der Waals surface area contributed by atoms with Gasteiger partial charge in [-0.1, -0.05) is 54.3 Å². The van der Waals surface area contributed by atoms with E-state index in [1.165, 1.54) is 21.7 Å². The largest absolute Gasteiger partial charge is 1.00 e. The summed E-state index contributed by atoms with van der Waals surface area (Å²) in [7, 11) is 0. The quantitative estimate of drug-likeness (QED) is 0.118. The summed E-state index contributed by atoms with van der Waals surface area (Å²) >= 11 is 3.21. The summed E-state index contributed by atoms with van der Waals surface area (Å²) in [6.07, 6.45) is 7.36. The Morgan fingerprint density at radius 2 is 1.90 bits per heavy atom. The number of halogens is 2. The van der Waals surface area contributed by atoms with E-state index < -0.39 is 18.0 Å². The number of carbonyl (C=O) groups is 2. The number of thioether (sulfide) groups is 1. The number of rotatable bonds is 8. The molecule has 5 heterocycles. The van der Waals surface area contributed by atoms with Crippen LogP contribution < -0.4 is 42.9 Å². The number of hydrogen-bond donors (Lipinski definition) is 2. The number of carboxylic acid groups (broad SMARTS) is 1. The number of aromatic nitrogens is 3. The van der Waals surface area contributed by atoms with E-state index in [9.17, 15) is 19.8 Å². The average Bonchev–Trinajstić information content (AvgIpc) is 3.52. The SMILES string of the molecule is CSc1c2sc(C3=C(C(=O)O)N4C(=O)[C@H]([C@@H](C)O)[C@H]4[C@H]3C)c[n+]2cn1Cc1cccc(C[n+]2ccccc2C)c1.[Br-].[Br-]. The van der Waals surface area contributed by atoms with Gasteiger partial charge in [0.2, 0.25) is 15.8 Å². The van der Waals surface area contributed by atoms with E-state index in [-0.39, 0.29) is 57.5 Å². The lowest BCUT2D eigenvalue weighted by Crippen LogP contribution is -3.00. The molecule has 12 heteroatoms. The molecule has 0 unspecified atom stereocenters. The molecule has 8 nitrogen and oxygen atoms in total. The normalized spacial score (nSPS) is 20.2. The van der Waals surface area contributed by atoms with Gasteiger partial charge in [0.25, 0.3) is 6.33 Å². The highest BCUT2D eigenvalue weighted by Crippen LogP contribution is 2.51. The fourth-order valence-electron chi connectivity index (χ4n) is 6.23. The number of pyridine rings is 1. The number of aliphatic carboxylic acids is 1. The Morgan fingerprint density at radius 3 is 2.57 bits per heavy atom. The number of amides is 1. The number of imidazole rings is 1. The molecular weight excluding hydrogens is 704 g/mol. The highest BCUT2D eigenvalue weighted by Gasteiger charge is 2.60. The van der Waals surface area contributed by atoms with Crippen LogP contribution in [0.2, 0.25) is 0 Å². The van der Waals surface area contributed by atoms with E-state index in [0.717, 1.165) is 21.3 Å². The summed E-state index contributed by atoms with van der Waals surface area (Å²) in [4.78, 5) is 28.3. The predicted octanol–water partition coefficient (Wildman–Crippen LogP) is -2.64. The Hall–Kier alpha value is -2.51. The Morgan fingerprint density at radius 1 is 1.17 bits per heavy atom. The number of aliphatic hydroxyl groups excluding tert-OH is 1. The van der Waals surface area contributed by atoms with E-state index in [0.29, 0.717) is 12.1 Å². The van der Waals surface area contributed by atoms with Crippen LogP contribution in [0.1, 0.15) is 35.5 Å². The summed E-state index contributed by atoms with van der Waals surface area (Å²) in [5.41, 5.74) is 4.37. The standard InChI is InChI=1S/C30H31N4O4S2.2BrH/c1-17-8-5-6-11-31(17)13-20-9-7-10-21(12-20)14-32-16-33-15-22(40-29(33)28(32)39-4)23-18(2)25-24(19(3)35)27(36)34(25)26(23)30(37)38;;/h5-12,15-16,18-19,24-25,35H,13-14H2,1-4H3;2*1H/q+1;;/p-1/t18-,19+,24+,25+;;/m0../s1. The molecule has 4 aromatic rings. The minimum Gasteiger partial charge on any atom is -1.00 e. The number of β-lactam (4-membered cyclic amide) rings is 1. The molecule has 1 saturated heterocycles. The lowest BCUT2D eigenvalue weighted by atomic mass is 9.77. The highest BCUT2D eigenvalue weighted by atomic mass is 79.9. The first kappa shape index (κ1) is 32.4. The molecule has 3 aromatic heterocycles. The van der Waals surface area contributed by atoms with Gasteiger partial charge in [-0.25, -0.2) is 9.36 Å². The molecule has 1 aromatic carbocycles. The molecule has 0 aliphatic carbocycles. The van der Waals surface area contributed by atoms with Crippen molar-refractivity contribution in [1.29, 1.82) is 0 Å². The minimum atomic E-state index is -1.11. The van der Waals surface area contributed by atoms with Gasteiger partial charge in [0.15, 0.2) is 18.4 Å². The van der Waals surface area contributed by atoms with Gasteiger partial charge in [0, 0.05) is 36.1 Å². The topological polar surface area (TPSA) is 90.8 Å². The van der Waals surface area contributed by atoms with Gasteiger partial charge in [-0.15, -0.1) is 0 Å². The van der Waals surface area contributed by atoms with Gasteiger partial charge in [-0.3, -0.25) is 4.79 Å². The van der Waals surface area contributed by atoms with Crippen LogP contribution in [0.25, 0.3) is 10.4 Å². The summed E-state index contributed by atoms with van der Waals surface area (Å²) in [6, 6.07) is 14.5. The number of carboxylic acids is 1. The number of hydrogen-bond acceptors (Lipinski definition) is 5. The number of benzene rings is 1. The molecule has 0 saturated carbocycles. The maximum absolute atomic E-state index is 12.8. The fourth-order valence-corrected chi connectivity index (χ4v) is 8.41. The van der Waals surface area contributed by atoms with Crippen LogP contribution in [0.4, 0.5) is 0 Å². The second-order valence-corrected chi connectivity index (χ2v) is 12.5. The number of fused-ring (bicyclic) bond motifs is 2. The zero-order chi connectivity index (χ0) is 28.3. The Bertz CT molecular complexity index is 1700. The molecule has 0 spiro atoms. The van der Waals surface area contributed by atoms with Crippen molar-refractivity contribution >= 4 is 45.4 Å². The number of nitrogens with zero attached hydrogens (tertiary/aromatic N) is 4. The molecule has 1 fully saturated rings. The monoisotopic (exact) mass is 734 g/mol. The maximum Gasteiger partial charge on any atom is 0.352 e. The average molecular weight is 737 g/mol. The van der Waals surface area contributed by atoms with Gasteiger partial charge in [0.1, 0.15) is 18.4 Å². The van der Waals surface area contributed by atoms with E-state index >= 15 is 0 Å². The van der Waals surface area contributed by atoms with E-state index in [4.69, 9.17) is 0 Å². The first-order valence-corrected chi connectivity index (χ1v) is 15.3. The van der Waals surface area contributed by atoms with Crippen molar-refractivity contribution in [2.45, 2.75) is 51.0 Å². The molecule has 6 rings (SSSR count). The van der Waals surface area contributed by atoms with Gasteiger partial charge >= 0.3 is 5.97 Å². The van der Waals surface area contributed by atoms with Crippen LogP contribution in [0, 0.1) is 18.8 Å². The molecule has 2 aliphatic heterocycles. The van der Waals surface area contributed by atoms with E-state index in [2.05, 4.69) is 69.6 Å². The van der Waals surface area contributed by atoms with Crippen molar-refractivity contribution in [1.82, 2.24) is 9.47 Å². The number of thiazole rings is 1. The third-order valence-electron chi connectivity index (χ3n) is 8.10. The second-order valence-electron chi connectivity index (χ2n) is 10.7. The van der Waals surface area contributed by atoms with Crippen LogP contribution in [0.5, 0.6) is 0 Å². The minimum absolute atomic E-state index is 0. The fraction of sp³-hybridized carbons (Fsp3) is 0.333. The highest BCUT2D eigenvalue weighted by molar-refractivity contribution is 7.98. The van der Waals surface area contributed by atoms with Crippen molar-refractivity contribution in [3.8, 4) is 0 Å². The molecule has 222 valence electrons. The van der Waals surface area contributed by atoms with E-state index in [1.807, 2.05) is 25.3 Å². The van der Waals surface area contributed by atoms with Crippen LogP contribution in [0.3, 0.4) is 0 Å². The summed E-state index contributed by atoms with van der Waals surface area (Å²) in [5, 5.41) is 21.3. The third kappa shape index (κ3) is 5.36. The summed E-state index contributed by atoms with van der Waals surface area (Å²) < 4.78 is 6.52. The molecule has 0 radical (unpaired) electrons. The zero-order valence-corrected chi connectivity index (χ0v) is 28.4. The van der Waals surface area contributed by atoms with Crippen LogP contribution in [0.15, 0.2) is 71.9 Å². The van der Waals surface area contributed by atoms with Crippen molar-refractivity contribution in [3.63, 3.8) is 0 Å². The first-order valence-electron chi connectivity index (χ1n) is 13.3. The predicted molar refractivity (Wildman–Crippen MR) is 153 cm³/mol. The Balaban J connectivity index is 0.00000202. The molecular formula is C30H32Br2N4O4S2. The first-order chi connectivity index (χ1) is 19.2. The molecule has 1 amide bonds. The van der Waals surface area contributed by atoms with Crippen molar-refractivity contribution < 1.29 is 62.7 Å². The lowest BCUT2D eigenvalue weighted by molar-refractivity contribution is -0.694. The lowest BCUT2D eigenvalue weighted by Gasteiger charge is -2.46. The molecule has 2 aliphatic rings. The maximum atomic E-state index is 12.8. The van der Waals surface area contributed by atoms with Crippen molar-refractivity contribution in [2.24, 2.45) is 11.8 Å². The molecule has 42 heavy (non-hydrogen) atoms. The molecule has 4 atom stereocenters. The number of aliphatic hydroxyl groups is 1. The van der Waals surface area contributed by atoms with Gasteiger partial charge < -0.3 is 49.1 Å². The third-order valence-corrected chi connectivity index (χ3v) is 10.2. The van der Waals surface area contributed by atoms with Crippen LogP contribution >= 0.6 is 23.1 Å². The number of aryl methyl sites for hydroxylation is 1. The smallest absolute Gasteiger partial charge is 0.352 e. The van der Waals surface area contributed by atoms with Gasteiger partial charge in [-0.05, 0) is 24.8 Å². The van der Waals surface area contributed by atoms with Gasteiger partial charge in [0.05, 0.1) is 22.9 Å². The Kier molecular flexibility index (Phi) is 9.73. The van der Waals surface area contributed by atoms with E-state index in [1.54, 1.807) is 30.0 Å². The zero-order valence-electron chi connectivity index (χ0n) is 23.6. The number of carbonyl (C=O) groups excluding carboxylic acids is 1. The molecule has 0 bridgehead atoms. The van der Waals surface area contributed by atoms with Crippen molar-refractivity contribution in [2.75, 3.05) is 6.26 Å².